The fourth-order valence-corrected chi connectivity index (χ4v) is 5.45. The van der Waals surface area contributed by atoms with E-state index >= 15 is 0 Å². The second kappa shape index (κ2) is 7.03. The zero-order valence-electron chi connectivity index (χ0n) is 18.4. The largest absolute Gasteiger partial charge is 0.473 e. The molecule has 34 heavy (non-hydrogen) atoms. The average molecular weight is 437 g/mol. The Labute approximate surface area is 197 Å². The number of hydrogen-bond donors (Lipinski definition) is 0. The molecule has 2 nitrogen and oxygen atoms in total. The lowest BCUT2D eigenvalue weighted by Gasteiger charge is -2.36. The van der Waals surface area contributed by atoms with Crippen LogP contribution >= 0.6 is 0 Å². The summed E-state index contributed by atoms with van der Waals surface area (Å²) in [6.07, 6.45) is 4.33. The quantitative estimate of drug-likeness (QED) is 0.283. The van der Waals surface area contributed by atoms with E-state index in [1.165, 1.54) is 0 Å². The van der Waals surface area contributed by atoms with E-state index in [1.54, 1.807) is 0 Å². The maximum absolute atomic E-state index is 13.1. The van der Waals surface area contributed by atoms with Crippen molar-refractivity contribution in [2.45, 2.75) is 5.60 Å². The molecular formula is C32H20O2. The van der Waals surface area contributed by atoms with Gasteiger partial charge >= 0.3 is 0 Å². The van der Waals surface area contributed by atoms with Crippen molar-refractivity contribution in [3.8, 4) is 16.9 Å². The topological polar surface area (TPSA) is 26.3 Å². The normalized spacial score (nSPS) is 14.9. The molecule has 0 unspecified atom stereocenters. The zero-order chi connectivity index (χ0) is 22.7. The lowest BCUT2D eigenvalue weighted by atomic mass is 9.82. The van der Waals surface area contributed by atoms with E-state index in [4.69, 9.17) is 4.74 Å². The summed E-state index contributed by atoms with van der Waals surface area (Å²) in [4.78, 5) is 13.1. The molecule has 1 aliphatic heterocycles. The molecule has 2 aliphatic rings. The van der Waals surface area contributed by atoms with E-state index in [0.29, 0.717) is 0 Å². The van der Waals surface area contributed by atoms with Crippen molar-refractivity contribution in [3.05, 3.63) is 143 Å². The third kappa shape index (κ3) is 2.54. The average Bonchev–Trinajstić information content (AvgIpc) is 3.21. The van der Waals surface area contributed by atoms with Crippen LogP contribution in [0, 0.1) is 0 Å². The zero-order valence-corrected chi connectivity index (χ0v) is 18.4. The van der Waals surface area contributed by atoms with Crippen LogP contribution in [0.25, 0.3) is 28.0 Å². The van der Waals surface area contributed by atoms with Crippen LogP contribution in [-0.2, 0) is 5.60 Å². The predicted molar refractivity (Wildman–Crippen MR) is 136 cm³/mol. The Morgan fingerprint density at radius 3 is 1.91 bits per heavy atom. The first-order valence-corrected chi connectivity index (χ1v) is 11.5. The molecule has 0 aromatic heterocycles. The van der Waals surface area contributed by atoms with Gasteiger partial charge in [-0.1, -0.05) is 97.1 Å². The molecule has 0 fully saturated rings. The van der Waals surface area contributed by atoms with E-state index < -0.39 is 5.60 Å². The van der Waals surface area contributed by atoms with E-state index in [0.717, 1.165) is 55.5 Å². The van der Waals surface area contributed by atoms with Gasteiger partial charge in [-0.3, -0.25) is 4.79 Å². The fraction of sp³-hybridized carbons (Fsp3) is 0.0312. The SMILES string of the molecule is O=C1c2ccccc2-c2c1ccc1ccc3c(c21)C=CC(c1ccccc1)(c1ccccc1)O3. The van der Waals surface area contributed by atoms with Crippen molar-refractivity contribution in [1.29, 1.82) is 0 Å². The molecule has 0 saturated carbocycles. The Balaban J connectivity index is 1.51. The molecule has 0 amide bonds. The number of carbonyl (C=O) groups is 1. The number of benzene rings is 5. The highest BCUT2D eigenvalue weighted by atomic mass is 16.5. The molecule has 0 saturated heterocycles. The summed E-state index contributed by atoms with van der Waals surface area (Å²) >= 11 is 0. The molecule has 0 N–H and O–H groups in total. The number of hydrogen-bond acceptors (Lipinski definition) is 2. The summed E-state index contributed by atoms with van der Waals surface area (Å²) in [5.74, 6) is 0.904. The summed E-state index contributed by atoms with van der Waals surface area (Å²) in [6.45, 7) is 0. The molecule has 1 heterocycles. The van der Waals surface area contributed by atoms with Gasteiger partial charge in [0.25, 0.3) is 0 Å². The lowest BCUT2D eigenvalue weighted by Crippen LogP contribution is -2.34. The molecule has 1 aliphatic carbocycles. The number of rotatable bonds is 2. The second-order valence-electron chi connectivity index (χ2n) is 8.84. The maximum Gasteiger partial charge on any atom is 0.194 e. The summed E-state index contributed by atoms with van der Waals surface area (Å²) in [5.41, 5.74) is 5.97. The standard InChI is InChI=1S/C32H20O2/c33-31-25-14-8-7-13-24(25)30-27(31)17-15-21-16-18-28-26(29(21)30)19-20-32(34-28,22-9-3-1-4-10-22)23-11-5-2-6-12-23/h1-20H. The summed E-state index contributed by atoms with van der Waals surface area (Å²) < 4.78 is 6.90. The minimum atomic E-state index is -0.727. The minimum absolute atomic E-state index is 0.0914. The van der Waals surface area contributed by atoms with Gasteiger partial charge in [0.1, 0.15) is 5.75 Å². The highest BCUT2D eigenvalue weighted by molar-refractivity contribution is 6.27. The van der Waals surface area contributed by atoms with Gasteiger partial charge in [-0.15, -0.1) is 0 Å². The van der Waals surface area contributed by atoms with Crippen LogP contribution in [0.5, 0.6) is 5.75 Å². The number of ketones is 1. The van der Waals surface area contributed by atoms with Gasteiger partial charge < -0.3 is 4.74 Å². The minimum Gasteiger partial charge on any atom is -0.473 e. The molecule has 7 rings (SSSR count). The van der Waals surface area contributed by atoms with Crippen LogP contribution < -0.4 is 4.74 Å². The summed E-state index contributed by atoms with van der Waals surface area (Å²) in [6, 6.07) is 36.7. The van der Waals surface area contributed by atoms with Crippen molar-refractivity contribution in [2.75, 3.05) is 0 Å². The van der Waals surface area contributed by atoms with Gasteiger partial charge in [0.15, 0.2) is 11.4 Å². The Morgan fingerprint density at radius 2 is 1.21 bits per heavy atom. The highest BCUT2D eigenvalue weighted by Gasteiger charge is 2.38. The van der Waals surface area contributed by atoms with E-state index in [2.05, 4.69) is 48.6 Å². The molecule has 2 heteroatoms. The Morgan fingerprint density at radius 1 is 0.588 bits per heavy atom. The van der Waals surface area contributed by atoms with Crippen LogP contribution in [-0.4, -0.2) is 5.78 Å². The first kappa shape index (κ1) is 19.1. The molecule has 0 atom stereocenters. The van der Waals surface area contributed by atoms with Crippen molar-refractivity contribution in [3.63, 3.8) is 0 Å². The third-order valence-electron chi connectivity index (χ3n) is 7.03. The molecule has 5 aromatic rings. The maximum atomic E-state index is 13.1. The van der Waals surface area contributed by atoms with E-state index in [-0.39, 0.29) is 5.78 Å². The van der Waals surface area contributed by atoms with E-state index in [1.807, 2.05) is 72.8 Å². The predicted octanol–water partition coefficient (Wildman–Crippen LogP) is 7.40. The molecule has 0 bridgehead atoms. The summed E-state index contributed by atoms with van der Waals surface area (Å²) in [5, 5.41) is 2.17. The van der Waals surface area contributed by atoms with Gasteiger partial charge in [0.2, 0.25) is 0 Å². The van der Waals surface area contributed by atoms with Crippen molar-refractivity contribution >= 4 is 22.6 Å². The van der Waals surface area contributed by atoms with Crippen molar-refractivity contribution in [1.82, 2.24) is 0 Å². The van der Waals surface area contributed by atoms with Crippen LogP contribution in [0.15, 0.2) is 115 Å². The molecule has 160 valence electrons. The van der Waals surface area contributed by atoms with Gasteiger partial charge in [-0.2, -0.15) is 0 Å². The Hall–Kier alpha value is -4.43. The molecular weight excluding hydrogens is 416 g/mol. The molecule has 5 aromatic carbocycles. The fourth-order valence-electron chi connectivity index (χ4n) is 5.45. The highest BCUT2D eigenvalue weighted by Crippen LogP contribution is 2.48. The summed E-state index contributed by atoms with van der Waals surface area (Å²) in [7, 11) is 0. The van der Waals surface area contributed by atoms with Crippen molar-refractivity contribution < 1.29 is 9.53 Å². The molecule has 0 radical (unpaired) electrons. The van der Waals surface area contributed by atoms with Crippen LogP contribution in [0.1, 0.15) is 32.6 Å². The van der Waals surface area contributed by atoms with Crippen LogP contribution in [0.4, 0.5) is 0 Å². The van der Waals surface area contributed by atoms with Gasteiger partial charge in [-0.05, 0) is 35.2 Å². The monoisotopic (exact) mass is 436 g/mol. The van der Waals surface area contributed by atoms with Crippen LogP contribution in [0.3, 0.4) is 0 Å². The molecule has 0 spiro atoms. The van der Waals surface area contributed by atoms with Gasteiger partial charge in [0, 0.05) is 38.8 Å². The van der Waals surface area contributed by atoms with Gasteiger partial charge in [0.05, 0.1) is 0 Å². The van der Waals surface area contributed by atoms with Crippen LogP contribution in [0.2, 0.25) is 0 Å². The Kier molecular flexibility index (Phi) is 3.95. The Bertz CT molecular complexity index is 1590. The van der Waals surface area contributed by atoms with Crippen molar-refractivity contribution in [2.24, 2.45) is 0 Å². The van der Waals surface area contributed by atoms with Gasteiger partial charge in [-0.25, -0.2) is 0 Å². The second-order valence-corrected chi connectivity index (χ2v) is 8.84. The van der Waals surface area contributed by atoms with E-state index in [9.17, 15) is 4.79 Å². The third-order valence-corrected chi connectivity index (χ3v) is 7.03. The number of ether oxygens (including phenoxy) is 1. The number of carbonyl (C=O) groups excluding carboxylic acids is 1. The number of fused-ring (bicyclic) bond motifs is 7. The first-order valence-electron chi connectivity index (χ1n) is 11.5. The first-order chi connectivity index (χ1) is 16.8. The lowest BCUT2D eigenvalue weighted by molar-refractivity contribution is 0.104. The smallest absolute Gasteiger partial charge is 0.194 e.